The molecule has 1 aliphatic carbocycles. The van der Waals surface area contributed by atoms with Gasteiger partial charge in [-0.25, -0.2) is 15.0 Å². The topological polar surface area (TPSA) is 107 Å². The fraction of sp³-hybridized carbons (Fsp3) is 0.538. The summed E-state index contributed by atoms with van der Waals surface area (Å²) in [6.45, 7) is 1.78. The Morgan fingerprint density at radius 2 is 2.25 bits per heavy atom. The minimum absolute atomic E-state index is 0.203. The van der Waals surface area contributed by atoms with Crippen LogP contribution < -0.4 is 5.73 Å². The summed E-state index contributed by atoms with van der Waals surface area (Å²) in [5.74, 6) is -0.455. The molecular formula is C13H17N5O2. The summed E-state index contributed by atoms with van der Waals surface area (Å²) in [7, 11) is 0. The Hall–Kier alpha value is -2.18. The van der Waals surface area contributed by atoms with E-state index < -0.39 is 5.97 Å². The molecule has 2 heterocycles. The normalized spacial score (nSPS) is 24.1. The molecular weight excluding hydrogens is 258 g/mol. The number of nitrogens with zero attached hydrogens (tertiary/aromatic N) is 4. The van der Waals surface area contributed by atoms with Crippen molar-refractivity contribution in [1.82, 2.24) is 19.5 Å². The van der Waals surface area contributed by atoms with Crippen LogP contribution in [0.1, 0.15) is 32.2 Å². The summed E-state index contributed by atoms with van der Waals surface area (Å²) in [6.07, 6.45) is 5.86. The van der Waals surface area contributed by atoms with Crippen molar-refractivity contribution in [3.05, 3.63) is 12.7 Å². The molecule has 7 heteroatoms. The van der Waals surface area contributed by atoms with E-state index in [-0.39, 0.29) is 17.9 Å². The lowest BCUT2D eigenvalue weighted by atomic mass is 9.92. The van der Waals surface area contributed by atoms with Crippen molar-refractivity contribution in [2.45, 2.75) is 32.2 Å². The third-order valence-corrected chi connectivity index (χ3v) is 4.32. The first-order chi connectivity index (χ1) is 9.58. The van der Waals surface area contributed by atoms with E-state index in [1.165, 1.54) is 6.33 Å². The number of hydrogen-bond donors (Lipinski definition) is 2. The Bertz CT molecular complexity index is 653. The Kier molecular flexibility index (Phi) is 3.04. The Labute approximate surface area is 115 Å². The summed E-state index contributed by atoms with van der Waals surface area (Å²) >= 11 is 0. The van der Waals surface area contributed by atoms with Gasteiger partial charge in [-0.1, -0.05) is 6.92 Å². The van der Waals surface area contributed by atoms with Gasteiger partial charge in [0.15, 0.2) is 11.5 Å². The van der Waals surface area contributed by atoms with E-state index in [0.29, 0.717) is 11.3 Å². The Balaban J connectivity index is 1.87. The summed E-state index contributed by atoms with van der Waals surface area (Å²) in [4.78, 5) is 23.5. The maximum Gasteiger partial charge on any atom is 0.306 e. The largest absolute Gasteiger partial charge is 0.481 e. The zero-order chi connectivity index (χ0) is 14.3. The number of imidazole rings is 1. The highest BCUT2D eigenvalue weighted by Gasteiger charge is 2.33. The van der Waals surface area contributed by atoms with Gasteiger partial charge in [0.2, 0.25) is 0 Å². The second-order valence-corrected chi connectivity index (χ2v) is 5.44. The number of aliphatic carboxylic acids is 1. The lowest BCUT2D eigenvalue weighted by Gasteiger charge is -2.16. The number of nitrogen functional groups attached to an aromatic ring is 1. The maximum absolute atomic E-state index is 11.1. The second kappa shape index (κ2) is 4.73. The zero-order valence-corrected chi connectivity index (χ0v) is 11.2. The molecule has 3 atom stereocenters. The van der Waals surface area contributed by atoms with Gasteiger partial charge in [-0.05, 0) is 25.2 Å². The van der Waals surface area contributed by atoms with Gasteiger partial charge >= 0.3 is 5.97 Å². The van der Waals surface area contributed by atoms with Gasteiger partial charge in [0.1, 0.15) is 11.8 Å². The standard InChI is InChI=1S/C13H17N5O2/c1-7(13(19)20)8-2-3-9(4-8)18-6-17-10-11(14)15-5-16-12(10)18/h5-9H,2-4H2,1H3,(H,19,20)(H2,14,15,16)/t7?,8-,9-/m0/s1. The lowest BCUT2D eigenvalue weighted by molar-refractivity contribution is -0.142. The highest BCUT2D eigenvalue weighted by Crippen LogP contribution is 2.39. The van der Waals surface area contributed by atoms with Crippen LogP contribution in [0.15, 0.2) is 12.7 Å². The zero-order valence-electron chi connectivity index (χ0n) is 11.2. The number of aromatic nitrogens is 4. The van der Waals surface area contributed by atoms with Gasteiger partial charge < -0.3 is 15.4 Å². The van der Waals surface area contributed by atoms with E-state index in [4.69, 9.17) is 10.8 Å². The van der Waals surface area contributed by atoms with Crippen molar-refractivity contribution >= 4 is 23.0 Å². The van der Waals surface area contributed by atoms with Crippen LogP contribution in [0.3, 0.4) is 0 Å². The smallest absolute Gasteiger partial charge is 0.306 e. The first-order valence-electron chi connectivity index (χ1n) is 6.73. The Morgan fingerprint density at radius 1 is 1.45 bits per heavy atom. The van der Waals surface area contributed by atoms with E-state index >= 15 is 0 Å². The van der Waals surface area contributed by atoms with E-state index in [2.05, 4.69) is 15.0 Å². The third kappa shape index (κ3) is 1.99. The van der Waals surface area contributed by atoms with Crippen molar-refractivity contribution in [3.63, 3.8) is 0 Å². The molecule has 0 aliphatic heterocycles. The monoisotopic (exact) mass is 275 g/mol. The second-order valence-electron chi connectivity index (χ2n) is 5.44. The van der Waals surface area contributed by atoms with E-state index in [9.17, 15) is 4.79 Å². The van der Waals surface area contributed by atoms with Crippen molar-refractivity contribution in [1.29, 1.82) is 0 Å². The van der Waals surface area contributed by atoms with E-state index in [0.717, 1.165) is 24.9 Å². The molecule has 1 unspecified atom stereocenters. The predicted molar refractivity (Wildman–Crippen MR) is 72.9 cm³/mol. The summed E-state index contributed by atoms with van der Waals surface area (Å²) in [6, 6.07) is 0.237. The summed E-state index contributed by atoms with van der Waals surface area (Å²) < 4.78 is 2.00. The summed E-state index contributed by atoms with van der Waals surface area (Å²) in [5.41, 5.74) is 7.12. The number of hydrogen-bond acceptors (Lipinski definition) is 5. The van der Waals surface area contributed by atoms with Crippen LogP contribution in [0.2, 0.25) is 0 Å². The highest BCUT2D eigenvalue weighted by molar-refractivity contribution is 5.81. The SMILES string of the molecule is CC(C(=O)O)[C@H]1CC[C@H](n2cnc3c(N)ncnc32)C1. The molecule has 2 aromatic heterocycles. The van der Waals surface area contributed by atoms with Crippen LogP contribution in [0, 0.1) is 11.8 Å². The molecule has 0 aromatic carbocycles. The first-order valence-corrected chi connectivity index (χ1v) is 6.73. The van der Waals surface area contributed by atoms with Gasteiger partial charge in [-0.2, -0.15) is 0 Å². The summed E-state index contributed by atoms with van der Waals surface area (Å²) in [5, 5.41) is 9.11. The van der Waals surface area contributed by atoms with Crippen LogP contribution >= 0.6 is 0 Å². The quantitative estimate of drug-likeness (QED) is 0.878. The van der Waals surface area contributed by atoms with Gasteiger partial charge in [-0.15, -0.1) is 0 Å². The fourth-order valence-corrected chi connectivity index (χ4v) is 3.04. The molecule has 106 valence electrons. The molecule has 0 saturated heterocycles. The van der Waals surface area contributed by atoms with E-state index in [1.54, 1.807) is 13.3 Å². The lowest BCUT2D eigenvalue weighted by Crippen LogP contribution is -2.18. The molecule has 3 rings (SSSR count). The predicted octanol–water partition coefficient (Wildman–Crippen LogP) is 1.47. The van der Waals surface area contributed by atoms with Gasteiger partial charge in [0, 0.05) is 6.04 Å². The third-order valence-electron chi connectivity index (χ3n) is 4.32. The number of nitrogens with two attached hydrogens (primary N) is 1. The molecule has 7 nitrogen and oxygen atoms in total. The first kappa shape index (κ1) is 12.8. The minimum atomic E-state index is -0.724. The van der Waals surface area contributed by atoms with Crippen LogP contribution in [0.5, 0.6) is 0 Å². The van der Waals surface area contributed by atoms with Gasteiger partial charge in [-0.3, -0.25) is 4.79 Å². The number of carboxylic acid groups (broad SMARTS) is 1. The number of carboxylic acids is 1. The molecule has 3 N–H and O–H groups in total. The van der Waals surface area contributed by atoms with E-state index in [1.807, 2.05) is 4.57 Å². The van der Waals surface area contributed by atoms with Crippen LogP contribution in [-0.2, 0) is 4.79 Å². The van der Waals surface area contributed by atoms with Crippen molar-refractivity contribution in [3.8, 4) is 0 Å². The number of rotatable bonds is 3. The number of carbonyl (C=O) groups is 1. The number of anilines is 1. The number of fused-ring (bicyclic) bond motifs is 1. The average Bonchev–Trinajstić information content (AvgIpc) is 3.04. The maximum atomic E-state index is 11.1. The van der Waals surface area contributed by atoms with Crippen molar-refractivity contribution in [2.75, 3.05) is 5.73 Å². The van der Waals surface area contributed by atoms with Gasteiger partial charge in [0.25, 0.3) is 0 Å². The fourth-order valence-electron chi connectivity index (χ4n) is 3.04. The van der Waals surface area contributed by atoms with Crippen LogP contribution in [0.25, 0.3) is 11.2 Å². The molecule has 0 amide bonds. The molecule has 20 heavy (non-hydrogen) atoms. The average molecular weight is 275 g/mol. The van der Waals surface area contributed by atoms with Gasteiger partial charge in [0.05, 0.1) is 12.2 Å². The Morgan fingerprint density at radius 3 is 3.00 bits per heavy atom. The van der Waals surface area contributed by atoms with Crippen molar-refractivity contribution in [2.24, 2.45) is 11.8 Å². The molecule has 1 saturated carbocycles. The molecule has 0 bridgehead atoms. The van der Waals surface area contributed by atoms with Crippen LogP contribution in [-0.4, -0.2) is 30.6 Å². The molecule has 1 fully saturated rings. The molecule has 0 radical (unpaired) electrons. The molecule has 2 aromatic rings. The minimum Gasteiger partial charge on any atom is -0.481 e. The molecule has 1 aliphatic rings. The molecule has 0 spiro atoms. The van der Waals surface area contributed by atoms with Crippen molar-refractivity contribution < 1.29 is 9.90 Å². The highest BCUT2D eigenvalue weighted by atomic mass is 16.4. The van der Waals surface area contributed by atoms with Crippen LogP contribution in [0.4, 0.5) is 5.82 Å².